The van der Waals surface area contributed by atoms with Crippen molar-refractivity contribution in [3.05, 3.63) is 105 Å². The Morgan fingerprint density at radius 1 is 0.909 bits per heavy atom. The third-order valence-corrected chi connectivity index (χ3v) is 14.4. The van der Waals surface area contributed by atoms with Crippen molar-refractivity contribution in [2.45, 2.75) is 77.2 Å². The number of carbonyl (C=O) groups is 1. The quantitative estimate of drug-likeness (QED) is 0.205. The van der Waals surface area contributed by atoms with E-state index in [1.54, 1.807) is 0 Å². The van der Waals surface area contributed by atoms with Crippen molar-refractivity contribution in [3.63, 3.8) is 0 Å². The van der Waals surface area contributed by atoms with Gasteiger partial charge in [-0.25, -0.2) is 4.79 Å². The van der Waals surface area contributed by atoms with Crippen molar-refractivity contribution in [2.24, 2.45) is 0 Å². The number of nitrogens with one attached hydrogen (secondary N) is 1. The van der Waals surface area contributed by atoms with E-state index in [1.807, 2.05) is 99.9 Å². The number of ether oxygens (including phenoxy) is 2. The van der Waals surface area contributed by atoms with Gasteiger partial charge in [0.1, 0.15) is 24.5 Å². The monoisotopic (exact) mass is 658 g/mol. The molecular formula is C30H42N2O9Si3. The topological polar surface area (TPSA) is 127 Å². The molecule has 0 radical (unpaired) electrons. The Balaban J connectivity index is 1.72. The molecule has 3 aromatic rings. The first-order valence-electron chi connectivity index (χ1n) is 14.6. The lowest BCUT2D eigenvalue weighted by Crippen LogP contribution is -2.60. The van der Waals surface area contributed by atoms with Crippen LogP contribution in [0.3, 0.4) is 0 Å². The predicted octanol–water partition coefficient (Wildman–Crippen LogP) is 4.72. The Bertz CT molecular complexity index is 1450. The zero-order valence-electron chi connectivity index (χ0n) is 26.3. The molecule has 238 valence electrons. The number of nitrogens with zero attached hydrogens (tertiary/aromatic N) is 1. The summed E-state index contributed by atoms with van der Waals surface area (Å²) in [5.74, 6) is -0.497. The minimum atomic E-state index is -3.96. The summed E-state index contributed by atoms with van der Waals surface area (Å²) in [6.45, 7) is 13.5. The van der Waals surface area contributed by atoms with Crippen molar-refractivity contribution >= 4 is 31.7 Å². The fourth-order valence-corrected chi connectivity index (χ4v) is 13.2. The lowest BCUT2D eigenvalue weighted by molar-refractivity contribution is -0.150. The molecule has 2 aromatic carbocycles. The molecule has 1 aliphatic rings. The van der Waals surface area contributed by atoms with Crippen LogP contribution in [0, 0.1) is 0 Å². The van der Waals surface area contributed by atoms with E-state index in [4.69, 9.17) is 26.6 Å². The highest BCUT2D eigenvalue weighted by atomic mass is 28.5. The van der Waals surface area contributed by atoms with Gasteiger partial charge in [-0.05, 0) is 50.4 Å². The number of hydrogen-bond donors (Lipinski definition) is 1. The summed E-state index contributed by atoms with van der Waals surface area (Å²) in [7, 11) is -8.68. The van der Waals surface area contributed by atoms with Crippen LogP contribution in [0.1, 0.15) is 36.8 Å². The molecule has 14 heteroatoms. The van der Waals surface area contributed by atoms with Gasteiger partial charge in [0.15, 0.2) is 16.6 Å². The highest BCUT2D eigenvalue weighted by Gasteiger charge is 2.55. The molecule has 3 atom stereocenters. The first kappa shape index (κ1) is 33.9. The summed E-state index contributed by atoms with van der Waals surface area (Å²) in [5, 5.41) is 0. The van der Waals surface area contributed by atoms with Crippen LogP contribution in [0.25, 0.3) is 0 Å². The van der Waals surface area contributed by atoms with E-state index in [0.717, 1.165) is 11.1 Å². The molecule has 0 amide bonds. The first-order chi connectivity index (χ1) is 20.6. The maximum absolute atomic E-state index is 12.5. The van der Waals surface area contributed by atoms with Crippen LogP contribution >= 0.6 is 0 Å². The molecule has 1 N–H and O–H groups in total. The van der Waals surface area contributed by atoms with Gasteiger partial charge in [0.2, 0.25) is 0 Å². The number of aromatic amines is 1. The summed E-state index contributed by atoms with van der Waals surface area (Å²) >= 11 is 0. The van der Waals surface area contributed by atoms with E-state index in [1.165, 1.54) is 23.8 Å². The largest absolute Gasteiger partial charge is 0.659 e. The highest BCUT2D eigenvalue weighted by molar-refractivity contribution is 6.83. The molecule has 1 fully saturated rings. The zero-order chi connectivity index (χ0) is 32.1. The Hall–Kier alpha value is -2.96. The predicted molar refractivity (Wildman–Crippen MR) is 172 cm³/mol. The summed E-state index contributed by atoms with van der Waals surface area (Å²) in [5.41, 5.74) is 0.664. The molecule has 2 heterocycles. The van der Waals surface area contributed by atoms with Gasteiger partial charge in [0.05, 0.1) is 6.61 Å². The molecule has 0 bridgehead atoms. The SMILES string of the molecule is CC(=O)OC1C[C@@H](n2ccc(=O)[nH]c2=O)O[C@H]1CO[Si](OC(c1ccccc1)c1ccccc1)(O[Si](C)(C)C)O[Si](C)(C)C. The van der Waals surface area contributed by atoms with Gasteiger partial charge in [0.25, 0.3) is 5.56 Å². The molecule has 0 saturated carbocycles. The number of rotatable bonds is 13. The van der Waals surface area contributed by atoms with Gasteiger partial charge in [0, 0.05) is 25.6 Å². The van der Waals surface area contributed by atoms with Crippen LogP contribution in [-0.4, -0.2) is 60.0 Å². The number of benzene rings is 2. The van der Waals surface area contributed by atoms with Gasteiger partial charge in [-0.3, -0.25) is 19.1 Å². The molecule has 44 heavy (non-hydrogen) atoms. The average molecular weight is 659 g/mol. The van der Waals surface area contributed by atoms with Crippen molar-refractivity contribution in [1.82, 2.24) is 9.55 Å². The third kappa shape index (κ3) is 9.52. The van der Waals surface area contributed by atoms with Crippen LogP contribution in [0.5, 0.6) is 0 Å². The lowest BCUT2D eigenvalue weighted by Gasteiger charge is -2.40. The second kappa shape index (κ2) is 14.0. The van der Waals surface area contributed by atoms with Gasteiger partial charge in [-0.15, -0.1) is 0 Å². The number of carbonyl (C=O) groups excluding carboxylic acids is 1. The van der Waals surface area contributed by atoms with E-state index >= 15 is 0 Å². The van der Waals surface area contributed by atoms with Crippen LogP contribution in [-0.2, 0) is 31.4 Å². The number of esters is 1. The van der Waals surface area contributed by atoms with E-state index in [9.17, 15) is 14.4 Å². The first-order valence-corrected chi connectivity index (χ1v) is 23.0. The molecule has 1 unspecified atom stereocenters. The molecule has 1 aliphatic heterocycles. The standard InChI is InChI=1S/C30H42N2O9Si3/c1-22(33)37-25-20-28(32-19-18-27(34)31-30(32)35)38-26(25)21-36-44(40-42(2,3)4,41-43(5,6)7)39-29(23-14-10-8-11-15-23)24-16-12-9-13-17-24/h8-19,25-26,28-29H,20-21H2,1-7H3,(H,31,34,35)/t25?,26-,28-/m0/s1. The molecule has 1 aromatic heterocycles. The summed E-state index contributed by atoms with van der Waals surface area (Å²) in [6, 6.07) is 20.9. The highest BCUT2D eigenvalue weighted by Crippen LogP contribution is 2.36. The van der Waals surface area contributed by atoms with Crippen LogP contribution in [0.2, 0.25) is 39.3 Å². The van der Waals surface area contributed by atoms with E-state index in [0.29, 0.717) is 0 Å². The normalized spacial score (nSPS) is 19.3. The summed E-state index contributed by atoms with van der Waals surface area (Å²) in [6.07, 6.45) is -1.34. The zero-order valence-corrected chi connectivity index (χ0v) is 29.3. The Morgan fingerprint density at radius 2 is 1.45 bits per heavy atom. The molecule has 4 rings (SSSR count). The second-order valence-corrected chi connectivity index (χ2v) is 24.2. The van der Waals surface area contributed by atoms with E-state index in [-0.39, 0.29) is 13.0 Å². The lowest BCUT2D eigenvalue weighted by atomic mass is 10.0. The third-order valence-electron chi connectivity index (χ3n) is 6.41. The summed E-state index contributed by atoms with van der Waals surface area (Å²) < 4.78 is 40.3. The second-order valence-electron chi connectivity index (χ2n) is 12.6. The average Bonchev–Trinajstić information content (AvgIpc) is 3.31. The van der Waals surface area contributed by atoms with Crippen LogP contribution < -0.4 is 11.2 Å². The Labute approximate surface area is 260 Å². The van der Waals surface area contributed by atoms with E-state index in [2.05, 4.69) is 4.98 Å². The fourth-order valence-electron chi connectivity index (χ4n) is 4.84. The van der Waals surface area contributed by atoms with Gasteiger partial charge < -0.3 is 26.6 Å². The fraction of sp³-hybridized carbons (Fsp3) is 0.433. The molecule has 1 saturated heterocycles. The van der Waals surface area contributed by atoms with Crippen LogP contribution in [0.15, 0.2) is 82.5 Å². The Kier molecular flexibility index (Phi) is 10.8. The number of H-pyrrole nitrogens is 1. The van der Waals surface area contributed by atoms with Crippen molar-refractivity contribution < 1.29 is 31.4 Å². The molecule has 0 aliphatic carbocycles. The summed E-state index contributed by atoms with van der Waals surface area (Å²) in [4.78, 5) is 38.4. The molecular weight excluding hydrogens is 617 g/mol. The van der Waals surface area contributed by atoms with Crippen molar-refractivity contribution in [3.8, 4) is 0 Å². The molecule has 11 nitrogen and oxygen atoms in total. The van der Waals surface area contributed by atoms with Gasteiger partial charge in [-0.2, -0.15) is 0 Å². The van der Waals surface area contributed by atoms with Gasteiger partial charge >= 0.3 is 20.7 Å². The van der Waals surface area contributed by atoms with Crippen molar-refractivity contribution in [1.29, 1.82) is 0 Å². The maximum atomic E-state index is 12.5. The van der Waals surface area contributed by atoms with Crippen molar-refractivity contribution in [2.75, 3.05) is 6.61 Å². The van der Waals surface area contributed by atoms with Crippen LogP contribution in [0.4, 0.5) is 0 Å². The number of aromatic nitrogens is 2. The minimum Gasteiger partial charge on any atom is -0.460 e. The van der Waals surface area contributed by atoms with E-state index < -0.39 is 67.4 Å². The smallest absolute Gasteiger partial charge is 0.460 e. The number of hydrogen-bond acceptors (Lipinski definition) is 9. The minimum absolute atomic E-state index is 0.0932. The maximum Gasteiger partial charge on any atom is 0.659 e. The Morgan fingerprint density at radius 3 is 1.93 bits per heavy atom. The van der Waals surface area contributed by atoms with Gasteiger partial charge in [-0.1, -0.05) is 60.7 Å². The molecule has 0 spiro atoms.